The van der Waals surface area contributed by atoms with Crippen LogP contribution in [-0.4, -0.2) is 60.1 Å². The number of piperazine rings is 1. The molecule has 1 unspecified atom stereocenters. The lowest BCUT2D eigenvalue weighted by atomic mass is 10.2. The molecule has 0 spiro atoms. The predicted molar refractivity (Wildman–Crippen MR) is 87.9 cm³/mol. The molecule has 1 N–H and O–H groups in total. The maximum atomic E-state index is 5.42. The Bertz CT molecular complexity index is 583. The number of thiazole rings is 1. The third-order valence-corrected chi connectivity index (χ3v) is 5.53. The molecule has 2 fully saturated rings. The number of rotatable bonds is 4. The topological polar surface area (TPSA) is 44.5 Å². The summed E-state index contributed by atoms with van der Waals surface area (Å²) in [6, 6.07) is 4.64. The summed E-state index contributed by atoms with van der Waals surface area (Å²) < 4.78 is 5.42. The molecule has 2 aliphatic rings. The fourth-order valence-electron chi connectivity index (χ4n) is 3.36. The highest BCUT2D eigenvalue weighted by Crippen LogP contribution is 2.24. The number of nitrogens with one attached hydrogen (secondary N) is 1. The van der Waals surface area contributed by atoms with E-state index < -0.39 is 0 Å². The highest BCUT2D eigenvalue weighted by molar-refractivity contribution is 7.13. The number of furan rings is 1. The first-order valence-corrected chi connectivity index (χ1v) is 8.92. The van der Waals surface area contributed by atoms with E-state index in [-0.39, 0.29) is 0 Å². The van der Waals surface area contributed by atoms with E-state index in [1.807, 2.05) is 12.1 Å². The standard InChI is InChI=1S/C16H22N4OS/c1-2-15(21-9-1)16-18-13(12-22-16)11-19-5-7-20(8-6-19)14-3-4-17-10-14/h1-2,9,12,14,17H,3-8,10-11H2. The van der Waals surface area contributed by atoms with Crippen molar-refractivity contribution in [2.45, 2.75) is 19.0 Å². The minimum absolute atomic E-state index is 0.756. The van der Waals surface area contributed by atoms with Gasteiger partial charge in [-0.15, -0.1) is 11.3 Å². The van der Waals surface area contributed by atoms with E-state index in [0.717, 1.165) is 42.1 Å². The van der Waals surface area contributed by atoms with Crippen LogP contribution in [0.5, 0.6) is 0 Å². The molecule has 6 heteroatoms. The summed E-state index contributed by atoms with van der Waals surface area (Å²) in [7, 11) is 0. The van der Waals surface area contributed by atoms with Crippen molar-refractivity contribution >= 4 is 11.3 Å². The van der Waals surface area contributed by atoms with Crippen LogP contribution in [0.4, 0.5) is 0 Å². The fourth-order valence-corrected chi connectivity index (χ4v) is 4.14. The van der Waals surface area contributed by atoms with E-state index in [2.05, 4.69) is 20.5 Å². The Balaban J connectivity index is 1.31. The molecule has 2 saturated heterocycles. The van der Waals surface area contributed by atoms with E-state index in [0.29, 0.717) is 0 Å². The average Bonchev–Trinajstić information content (AvgIpc) is 3.30. The molecule has 0 aromatic carbocycles. The van der Waals surface area contributed by atoms with Gasteiger partial charge in [0.15, 0.2) is 10.8 Å². The lowest BCUT2D eigenvalue weighted by Gasteiger charge is -2.37. The summed E-state index contributed by atoms with van der Waals surface area (Å²) >= 11 is 1.67. The lowest BCUT2D eigenvalue weighted by molar-refractivity contribution is 0.0975. The fraction of sp³-hybridized carbons (Fsp3) is 0.562. The van der Waals surface area contributed by atoms with Crippen molar-refractivity contribution in [2.75, 3.05) is 39.3 Å². The van der Waals surface area contributed by atoms with Gasteiger partial charge in [-0.05, 0) is 25.1 Å². The molecule has 4 heterocycles. The van der Waals surface area contributed by atoms with Gasteiger partial charge in [-0.1, -0.05) is 0 Å². The molecule has 4 rings (SSSR count). The zero-order chi connectivity index (χ0) is 14.8. The van der Waals surface area contributed by atoms with Crippen LogP contribution in [-0.2, 0) is 6.54 Å². The Morgan fingerprint density at radius 2 is 2.23 bits per heavy atom. The highest BCUT2D eigenvalue weighted by Gasteiger charge is 2.26. The maximum Gasteiger partial charge on any atom is 0.162 e. The molecule has 0 saturated carbocycles. The molecule has 5 nitrogen and oxygen atoms in total. The minimum atomic E-state index is 0.756. The molecular formula is C16H22N4OS. The van der Waals surface area contributed by atoms with Crippen molar-refractivity contribution in [3.05, 3.63) is 29.5 Å². The van der Waals surface area contributed by atoms with Crippen LogP contribution < -0.4 is 5.32 Å². The molecule has 2 aromatic heterocycles. The molecule has 0 amide bonds. The summed E-state index contributed by atoms with van der Waals surface area (Å²) in [6.07, 6.45) is 3.01. The second-order valence-electron chi connectivity index (χ2n) is 6.08. The quantitative estimate of drug-likeness (QED) is 0.932. The molecule has 2 aromatic rings. The van der Waals surface area contributed by atoms with Crippen LogP contribution in [0.15, 0.2) is 28.2 Å². The van der Waals surface area contributed by atoms with Gasteiger partial charge in [0, 0.05) is 50.7 Å². The summed E-state index contributed by atoms with van der Waals surface area (Å²) in [5, 5.41) is 6.60. The summed E-state index contributed by atoms with van der Waals surface area (Å²) in [4.78, 5) is 9.86. The summed E-state index contributed by atoms with van der Waals surface area (Å²) in [6.45, 7) is 7.95. The van der Waals surface area contributed by atoms with Gasteiger partial charge in [0.1, 0.15) is 0 Å². The molecule has 118 valence electrons. The van der Waals surface area contributed by atoms with Gasteiger partial charge in [0.25, 0.3) is 0 Å². The summed E-state index contributed by atoms with van der Waals surface area (Å²) in [5.41, 5.74) is 1.16. The highest BCUT2D eigenvalue weighted by atomic mass is 32.1. The number of hydrogen-bond donors (Lipinski definition) is 1. The first kappa shape index (κ1) is 14.4. The van der Waals surface area contributed by atoms with Crippen molar-refractivity contribution in [3.63, 3.8) is 0 Å². The zero-order valence-electron chi connectivity index (χ0n) is 12.7. The Hall–Kier alpha value is -1.21. The van der Waals surface area contributed by atoms with Gasteiger partial charge >= 0.3 is 0 Å². The molecule has 1 atom stereocenters. The molecule has 0 aliphatic carbocycles. The van der Waals surface area contributed by atoms with Gasteiger partial charge in [0.2, 0.25) is 0 Å². The Morgan fingerprint density at radius 1 is 1.32 bits per heavy atom. The number of hydrogen-bond acceptors (Lipinski definition) is 6. The van der Waals surface area contributed by atoms with Crippen LogP contribution in [0.1, 0.15) is 12.1 Å². The predicted octanol–water partition coefficient (Wildman–Crippen LogP) is 1.88. The van der Waals surface area contributed by atoms with Crippen LogP contribution >= 0.6 is 11.3 Å². The maximum absolute atomic E-state index is 5.42. The monoisotopic (exact) mass is 318 g/mol. The van der Waals surface area contributed by atoms with Gasteiger partial charge in [-0.25, -0.2) is 4.98 Å². The van der Waals surface area contributed by atoms with Crippen molar-refractivity contribution < 1.29 is 4.42 Å². The first-order chi connectivity index (χ1) is 10.9. The molecular weight excluding hydrogens is 296 g/mol. The Morgan fingerprint density at radius 3 is 2.95 bits per heavy atom. The smallest absolute Gasteiger partial charge is 0.162 e. The molecule has 0 bridgehead atoms. The second-order valence-corrected chi connectivity index (χ2v) is 6.94. The van der Waals surface area contributed by atoms with E-state index in [4.69, 9.17) is 9.40 Å². The lowest BCUT2D eigenvalue weighted by Crippen LogP contribution is -2.50. The Labute approximate surface area is 134 Å². The number of nitrogens with zero attached hydrogens (tertiary/aromatic N) is 3. The van der Waals surface area contributed by atoms with Gasteiger partial charge in [-0.2, -0.15) is 0 Å². The van der Waals surface area contributed by atoms with Crippen molar-refractivity contribution in [2.24, 2.45) is 0 Å². The van der Waals surface area contributed by atoms with Crippen molar-refractivity contribution in [3.8, 4) is 10.8 Å². The van der Waals surface area contributed by atoms with E-state index >= 15 is 0 Å². The number of aromatic nitrogens is 1. The van der Waals surface area contributed by atoms with Crippen LogP contribution in [0.2, 0.25) is 0 Å². The average molecular weight is 318 g/mol. The normalized spacial score (nSPS) is 24.1. The van der Waals surface area contributed by atoms with E-state index in [9.17, 15) is 0 Å². The zero-order valence-corrected chi connectivity index (χ0v) is 13.5. The minimum Gasteiger partial charge on any atom is -0.462 e. The van der Waals surface area contributed by atoms with Crippen LogP contribution in [0.25, 0.3) is 10.8 Å². The Kier molecular flexibility index (Phi) is 4.25. The molecule has 2 aliphatic heterocycles. The first-order valence-electron chi connectivity index (χ1n) is 8.04. The van der Waals surface area contributed by atoms with Gasteiger partial charge < -0.3 is 9.73 Å². The molecule has 0 radical (unpaired) electrons. The van der Waals surface area contributed by atoms with Crippen molar-refractivity contribution in [1.82, 2.24) is 20.1 Å². The SMILES string of the molecule is c1coc(-c2nc(CN3CCN(C4CCNC4)CC3)cs2)c1. The van der Waals surface area contributed by atoms with E-state index in [1.54, 1.807) is 17.6 Å². The third kappa shape index (κ3) is 3.10. The van der Waals surface area contributed by atoms with Crippen LogP contribution in [0.3, 0.4) is 0 Å². The largest absolute Gasteiger partial charge is 0.462 e. The van der Waals surface area contributed by atoms with Crippen LogP contribution in [0, 0.1) is 0 Å². The van der Waals surface area contributed by atoms with Crippen molar-refractivity contribution in [1.29, 1.82) is 0 Å². The van der Waals surface area contributed by atoms with E-state index in [1.165, 1.54) is 32.6 Å². The summed E-state index contributed by atoms with van der Waals surface area (Å²) in [5.74, 6) is 0.870. The van der Waals surface area contributed by atoms with Gasteiger partial charge in [0.05, 0.1) is 12.0 Å². The second kappa shape index (κ2) is 6.50. The molecule has 22 heavy (non-hydrogen) atoms. The van der Waals surface area contributed by atoms with Gasteiger partial charge in [-0.3, -0.25) is 9.80 Å². The third-order valence-electron chi connectivity index (χ3n) is 4.63.